The molecule has 0 N–H and O–H groups in total. The first-order valence-corrected chi connectivity index (χ1v) is 6.26. The zero-order chi connectivity index (χ0) is 12.1. The van der Waals surface area contributed by atoms with Crippen molar-refractivity contribution in [3.05, 3.63) is 33.8 Å². The van der Waals surface area contributed by atoms with Gasteiger partial charge in [0.25, 0.3) is 0 Å². The van der Waals surface area contributed by atoms with Gasteiger partial charge in [-0.3, -0.25) is 4.79 Å². The van der Waals surface area contributed by atoms with Crippen molar-refractivity contribution in [2.45, 2.75) is 33.1 Å². The first kappa shape index (κ1) is 13.5. The monoisotopic (exact) mass is 258 g/mol. The Labute approximate surface area is 107 Å². The molecule has 0 aliphatic carbocycles. The van der Waals surface area contributed by atoms with Gasteiger partial charge >= 0.3 is 0 Å². The third kappa shape index (κ3) is 3.80. The molecule has 0 aliphatic heterocycles. The molecular formula is C13H16Cl2O. The fourth-order valence-corrected chi connectivity index (χ4v) is 2.10. The van der Waals surface area contributed by atoms with Gasteiger partial charge in [0.1, 0.15) is 5.78 Å². The van der Waals surface area contributed by atoms with Crippen LogP contribution in [0.3, 0.4) is 0 Å². The Morgan fingerprint density at radius 1 is 1.38 bits per heavy atom. The lowest BCUT2D eigenvalue weighted by atomic mass is 9.96. The van der Waals surface area contributed by atoms with Crippen LogP contribution in [0.15, 0.2) is 18.2 Å². The average Bonchev–Trinajstić information content (AvgIpc) is 2.22. The maximum absolute atomic E-state index is 11.8. The maximum Gasteiger partial charge on any atom is 0.140 e. The number of Topliss-reactive ketones (excluding diaryl/α,β-unsaturated/α-hetero) is 1. The molecule has 0 radical (unpaired) electrons. The molecule has 0 aromatic heterocycles. The van der Waals surface area contributed by atoms with Crippen molar-refractivity contribution in [3.8, 4) is 0 Å². The molecule has 16 heavy (non-hydrogen) atoms. The van der Waals surface area contributed by atoms with Gasteiger partial charge in [-0.25, -0.2) is 0 Å². The van der Waals surface area contributed by atoms with E-state index in [-0.39, 0.29) is 11.7 Å². The highest BCUT2D eigenvalue weighted by molar-refractivity contribution is 6.35. The molecule has 1 rings (SSSR count). The molecule has 0 spiro atoms. The molecule has 88 valence electrons. The molecule has 1 unspecified atom stereocenters. The molecule has 0 saturated heterocycles. The molecule has 1 aromatic rings. The summed E-state index contributed by atoms with van der Waals surface area (Å²) in [7, 11) is 0. The van der Waals surface area contributed by atoms with Crippen LogP contribution < -0.4 is 0 Å². The van der Waals surface area contributed by atoms with E-state index in [2.05, 4.69) is 6.92 Å². The predicted molar refractivity (Wildman–Crippen MR) is 69.2 cm³/mol. The predicted octanol–water partition coefficient (Wildman–Crippen LogP) is 4.54. The molecule has 0 saturated carbocycles. The number of halogens is 2. The zero-order valence-corrected chi connectivity index (χ0v) is 11.1. The standard InChI is InChI=1S/C13H16Cl2O/c1-3-4-9(2)13(16)7-10-5-6-11(14)8-12(10)15/h5-6,8-9H,3-4,7H2,1-2H3. The Morgan fingerprint density at radius 3 is 2.62 bits per heavy atom. The van der Waals surface area contributed by atoms with Crippen molar-refractivity contribution < 1.29 is 4.79 Å². The van der Waals surface area contributed by atoms with Crippen molar-refractivity contribution in [1.82, 2.24) is 0 Å². The van der Waals surface area contributed by atoms with E-state index in [0.717, 1.165) is 18.4 Å². The summed E-state index contributed by atoms with van der Waals surface area (Å²) in [6, 6.07) is 5.26. The molecule has 0 amide bonds. The van der Waals surface area contributed by atoms with E-state index >= 15 is 0 Å². The van der Waals surface area contributed by atoms with Gasteiger partial charge in [-0.05, 0) is 24.1 Å². The number of carbonyl (C=O) groups is 1. The smallest absolute Gasteiger partial charge is 0.140 e. The second kappa shape index (κ2) is 6.27. The molecule has 1 nitrogen and oxygen atoms in total. The lowest BCUT2D eigenvalue weighted by molar-refractivity contribution is -0.121. The molecule has 1 atom stereocenters. The lowest BCUT2D eigenvalue weighted by Crippen LogP contribution is -2.13. The van der Waals surface area contributed by atoms with Gasteiger partial charge in [0.05, 0.1) is 0 Å². The van der Waals surface area contributed by atoms with Crippen LogP contribution in [0.25, 0.3) is 0 Å². The highest BCUT2D eigenvalue weighted by Gasteiger charge is 2.14. The molecule has 0 heterocycles. The first-order valence-electron chi connectivity index (χ1n) is 5.51. The summed E-state index contributed by atoms with van der Waals surface area (Å²) in [5.74, 6) is 0.350. The van der Waals surface area contributed by atoms with Gasteiger partial charge in [0.2, 0.25) is 0 Å². The van der Waals surface area contributed by atoms with E-state index < -0.39 is 0 Å². The Hall–Kier alpha value is -0.530. The van der Waals surface area contributed by atoms with Gasteiger partial charge in [-0.2, -0.15) is 0 Å². The van der Waals surface area contributed by atoms with Crippen LogP contribution in [0, 0.1) is 5.92 Å². The summed E-state index contributed by atoms with van der Waals surface area (Å²) in [5, 5.41) is 1.17. The second-order valence-corrected chi connectivity index (χ2v) is 4.91. The normalized spacial score (nSPS) is 12.5. The summed E-state index contributed by atoms with van der Waals surface area (Å²) in [5.41, 5.74) is 0.860. The highest BCUT2D eigenvalue weighted by Crippen LogP contribution is 2.22. The third-order valence-corrected chi connectivity index (χ3v) is 3.24. The zero-order valence-electron chi connectivity index (χ0n) is 9.59. The Kier molecular flexibility index (Phi) is 5.30. The fraction of sp³-hybridized carbons (Fsp3) is 0.462. The quantitative estimate of drug-likeness (QED) is 0.758. The van der Waals surface area contributed by atoms with Crippen molar-refractivity contribution in [2.24, 2.45) is 5.92 Å². The van der Waals surface area contributed by atoms with Gasteiger partial charge in [-0.15, -0.1) is 0 Å². The van der Waals surface area contributed by atoms with Crippen LogP contribution >= 0.6 is 23.2 Å². The minimum absolute atomic E-state index is 0.108. The number of hydrogen-bond acceptors (Lipinski definition) is 1. The number of rotatable bonds is 5. The van der Waals surface area contributed by atoms with E-state index in [9.17, 15) is 4.79 Å². The Bertz CT molecular complexity index is 374. The van der Waals surface area contributed by atoms with Crippen LogP contribution in [0.4, 0.5) is 0 Å². The van der Waals surface area contributed by atoms with Gasteiger partial charge in [-0.1, -0.05) is 49.5 Å². The molecule has 3 heteroatoms. The summed E-state index contributed by atoms with van der Waals surface area (Å²) in [4.78, 5) is 11.8. The van der Waals surface area contributed by atoms with Crippen LogP contribution in [0.2, 0.25) is 10.0 Å². The largest absolute Gasteiger partial charge is 0.299 e. The average molecular weight is 259 g/mol. The van der Waals surface area contributed by atoms with E-state index in [1.54, 1.807) is 12.1 Å². The Balaban J connectivity index is 2.69. The molecule has 0 bridgehead atoms. The van der Waals surface area contributed by atoms with Crippen LogP contribution in [-0.4, -0.2) is 5.78 Å². The van der Waals surface area contributed by atoms with Crippen LogP contribution in [-0.2, 0) is 11.2 Å². The number of benzene rings is 1. The minimum atomic E-state index is 0.108. The van der Waals surface area contributed by atoms with Crippen LogP contribution in [0.1, 0.15) is 32.3 Å². The van der Waals surface area contributed by atoms with E-state index in [4.69, 9.17) is 23.2 Å². The minimum Gasteiger partial charge on any atom is -0.299 e. The fourth-order valence-electron chi connectivity index (χ4n) is 1.62. The second-order valence-electron chi connectivity index (χ2n) is 4.07. The van der Waals surface area contributed by atoms with E-state index in [1.807, 2.05) is 13.0 Å². The number of carbonyl (C=O) groups excluding carboxylic acids is 1. The lowest BCUT2D eigenvalue weighted by Gasteiger charge is -2.09. The molecular weight excluding hydrogens is 243 g/mol. The van der Waals surface area contributed by atoms with Gasteiger partial charge < -0.3 is 0 Å². The summed E-state index contributed by atoms with van der Waals surface area (Å²) in [6.45, 7) is 4.05. The molecule has 1 aromatic carbocycles. The number of hydrogen-bond donors (Lipinski definition) is 0. The SMILES string of the molecule is CCCC(C)C(=O)Cc1ccc(Cl)cc1Cl. The molecule has 0 fully saturated rings. The van der Waals surface area contributed by atoms with Gasteiger partial charge in [0, 0.05) is 22.4 Å². The van der Waals surface area contributed by atoms with Crippen molar-refractivity contribution >= 4 is 29.0 Å². The Morgan fingerprint density at radius 2 is 2.06 bits per heavy atom. The van der Waals surface area contributed by atoms with Crippen molar-refractivity contribution in [1.29, 1.82) is 0 Å². The van der Waals surface area contributed by atoms with E-state index in [0.29, 0.717) is 16.5 Å². The summed E-state index contributed by atoms with van der Waals surface area (Å²) < 4.78 is 0. The van der Waals surface area contributed by atoms with E-state index in [1.165, 1.54) is 0 Å². The topological polar surface area (TPSA) is 17.1 Å². The van der Waals surface area contributed by atoms with Crippen LogP contribution in [0.5, 0.6) is 0 Å². The highest BCUT2D eigenvalue weighted by atomic mass is 35.5. The summed E-state index contributed by atoms with van der Waals surface area (Å²) >= 11 is 11.8. The number of ketones is 1. The van der Waals surface area contributed by atoms with Gasteiger partial charge in [0.15, 0.2) is 0 Å². The van der Waals surface area contributed by atoms with Crippen molar-refractivity contribution in [3.63, 3.8) is 0 Å². The maximum atomic E-state index is 11.8. The summed E-state index contributed by atoms with van der Waals surface area (Å²) in [6.07, 6.45) is 2.36. The first-order chi connectivity index (χ1) is 7.54. The third-order valence-electron chi connectivity index (χ3n) is 2.65. The molecule has 0 aliphatic rings. The van der Waals surface area contributed by atoms with Crippen molar-refractivity contribution in [2.75, 3.05) is 0 Å².